The Morgan fingerprint density at radius 1 is 1.07 bits per heavy atom. The highest BCUT2D eigenvalue weighted by molar-refractivity contribution is 14.0. The van der Waals surface area contributed by atoms with Crippen LogP contribution >= 0.6 is 24.0 Å². The first-order valence-corrected chi connectivity index (χ1v) is 10.6. The minimum atomic E-state index is 0. The number of halogens is 1. The second kappa shape index (κ2) is 14.4. The van der Waals surface area contributed by atoms with E-state index >= 15 is 0 Å². The number of amides is 1. The summed E-state index contributed by atoms with van der Waals surface area (Å²) < 4.78 is 5.72. The van der Waals surface area contributed by atoms with Gasteiger partial charge in [0.05, 0.1) is 12.6 Å². The molecule has 1 aliphatic heterocycles. The number of carbonyl (C=O) groups is 1. The predicted molar refractivity (Wildman–Crippen MR) is 122 cm³/mol. The summed E-state index contributed by atoms with van der Waals surface area (Å²) in [5, 5.41) is 6.42. The van der Waals surface area contributed by atoms with E-state index in [2.05, 4.69) is 29.4 Å². The van der Waals surface area contributed by atoms with Gasteiger partial charge < -0.3 is 20.3 Å². The smallest absolute Gasteiger partial charge is 0.220 e. The molecule has 0 spiro atoms. The first-order valence-electron chi connectivity index (χ1n) is 10.6. The molecule has 0 unspecified atom stereocenters. The molecule has 2 aliphatic rings. The van der Waals surface area contributed by atoms with Gasteiger partial charge in [0.25, 0.3) is 0 Å². The fourth-order valence-electron chi connectivity index (χ4n) is 3.98. The number of ether oxygens (including phenoxy) is 1. The molecule has 1 heterocycles. The summed E-state index contributed by atoms with van der Waals surface area (Å²) in [6.07, 6.45) is 9.52. The van der Waals surface area contributed by atoms with Gasteiger partial charge in [-0.3, -0.25) is 9.79 Å². The number of guanidine groups is 1. The Hall–Kier alpha value is -0.570. The summed E-state index contributed by atoms with van der Waals surface area (Å²) in [6, 6.07) is 0. The van der Waals surface area contributed by atoms with Crippen LogP contribution in [0.4, 0.5) is 0 Å². The average molecular weight is 494 g/mol. The van der Waals surface area contributed by atoms with Gasteiger partial charge in [-0.25, -0.2) is 0 Å². The molecule has 7 heteroatoms. The second-order valence-electron chi connectivity index (χ2n) is 7.44. The first kappa shape index (κ1) is 24.5. The molecule has 0 radical (unpaired) electrons. The highest BCUT2D eigenvalue weighted by Crippen LogP contribution is 2.25. The van der Waals surface area contributed by atoms with Gasteiger partial charge in [-0.15, -0.1) is 24.0 Å². The van der Waals surface area contributed by atoms with Crippen molar-refractivity contribution in [2.45, 2.75) is 71.3 Å². The number of nitrogens with zero attached hydrogens (tertiary/aromatic N) is 2. The molecule has 1 amide bonds. The van der Waals surface area contributed by atoms with Crippen LogP contribution in [0.2, 0.25) is 0 Å². The van der Waals surface area contributed by atoms with Crippen LogP contribution < -0.4 is 10.6 Å². The third-order valence-corrected chi connectivity index (χ3v) is 5.37. The third-order valence-electron chi connectivity index (χ3n) is 5.37. The molecule has 2 N–H and O–H groups in total. The van der Waals surface area contributed by atoms with Crippen LogP contribution in [0, 0.1) is 5.92 Å². The fraction of sp³-hybridized carbons (Fsp3) is 0.900. The van der Waals surface area contributed by atoms with E-state index in [9.17, 15) is 4.79 Å². The van der Waals surface area contributed by atoms with Crippen LogP contribution in [-0.2, 0) is 9.53 Å². The van der Waals surface area contributed by atoms with E-state index in [0.29, 0.717) is 31.5 Å². The fourth-order valence-corrected chi connectivity index (χ4v) is 3.98. The minimum Gasteiger partial charge on any atom is -0.378 e. The van der Waals surface area contributed by atoms with E-state index in [0.717, 1.165) is 45.0 Å². The minimum absolute atomic E-state index is 0. The molecule has 2 fully saturated rings. The Bertz CT molecular complexity index is 434. The second-order valence-corrected chi connectivity index (χ2v) is 7.44. The van der Waals surface area contributed by atoms with Crippen LogP contribution in [0.5, 0.6) is 0 Å². The summed E-state index contributed by atoms with van der Waals surface area (Å²) in [5.74, 6) is 1.75. The SMILES string of the molecule is CCNC(=NCCNC(=O)CC1CCCCC1)N1CCC(OCC)CC1.I. The van der Waals surface area contributed by atoms with Gasteiger partial charge >= 0.3 is 0 Å². The van der Waals surface area contributed by atoms with Crippen LogP contribution in [0.25, 0.3) is 0 Å². The monoisotopic (exact) mass is 494 g/mol. The van der Waals surface area contributed by atoms with E-state index in [1.54, 1.807) is 0 Å². The largest absolute Gasteiger partial charge is 0.378 e. The molecule has 1 saturated carbocycles. The lowest BCUT2D eigenvalue weighted by Gasteiger charge is -2.34. The number of piperidine rings is 1. The van der Waals surface area contributed by atoms with E-state index in [1.165, 1.54) is 32.1 Å². The predicted octanol–water partition coefficient (Wildman–Crippen LogP) is 3.16. The maximum absolute atomic E-state index is 12.1. The van der Waals surface area contributed by atoms with Crippen LogP contribution in [0.15, 0.2) is 4.99 Å². The number of rotatable bonds is 8. The molecular formula is C20H39IN4O2. The molecular weight excluding hydrogens is 455 g/mol. The van der Waals surface area contributed by atoms with Crippen molar-refractivity contribution in [3.8, 4) is 0 Å². The van der Waals surface area contributed by atoms with E-state index < -0.39 is 0 Å². The number of carbonyl (C=O) groups excluding carboxylic acids is 1. The number of hydrogen-bond donors (Lipinski definition) is 2. The Balaban J connectivity index is 0.00000364. The molecule has 158 valence electrons. The molecule has 0 bridgehead atoms. The number of nitrogens with one attached hydrogen (secondary N) is 2. The topological polar surface area (TPSA) is 66.0 Å². The molecule has 1 aliphatic carbocycles. The summed E-state index contributed by atoms with van der Waals surface area (Å²) >= 11 is 0. The van der Waals surface area contributed by atoms with E-state index in [1.807, 2.05) is 0 Å². The Morgan fingerprint density at radius 3 is 2.41 bits per heavy atom. The maximum atomic E-state index is 12.1. The van der Waals surface area contributed by atoms with Crippen LogP contribution in [0.1, 0.15) is 65.2 Å². The van der Waals surface area contributed by atoms with Gasteiger partial charge in [-0.05, 0) is 45.4 Å². The average Bonchev–Trinajstić information content (AvgIpc) is 2.66. The van der Waals surface area contributed by atoms with Gasteiger partial charge in [0, 0.05) is 39.2 Å². The maximum Gasteiger partial charge on any atom is 0.220 e. The highest BCUT2D eigenvalue weighted by atomic mass is 127. The lowest BCUT2D eigenvalue weighted by atomic mass is 9.87. The van der Waals surface area contributed by atoms with Gasteiger partial charge in [0.1, 0.15) is 0 Å². The van der Waals surface area contributed by atoms with Gasteiger partial charge in [-0.1, -0.05) is 19.3 Å². The van der Waals surface area contributed by atoms with Crippen LogP contribution in [0.3, 0.4) is 0 Å². The lowest BCUT2D eigenvalue weighted by molar-refractivity contribution is -0.122. The number of hydrogen-bond acceptors (Lipinski definition) is 3. The molecule has 0 atom stereocenters. The summed E-state index contributed by atoms with van der Waals surface area (Å²) in [7, 11) is 0. The van der Waals surface area contributed by atoms with Crippen molar-refractivity contribution in [2.24, 2.45) is 10.9 Å². The molecule has 2 rings (SSSR count). The number of likely N-dealkylation sites (tertiary alicyclic amines) is 1. The van der Waals surface area contributed by atoms with E-state index in [4.69, 9.17) is 9.73 Å². The van der Waals surface area contributed by atoms with Crippen LogP contribution in [-0.4, -0.2) is 62.2 Å². The highest BCUT2D eigenvalue weighted by Gasteiger charge is 2.21. The zero-order chi connectivity index (χ0) is 18.6. The van der Waals surface area contributed by atoms with Crippen molar-refractivity contribution in [3.05, 3.63) is 0 Å². The Kier molecular flexibility index (Phi) is 13.1. The molecule has 27 heavy (non-hydrogen) atoms. The zero-order valence-electron chi connectivity index (χ0n) is 17.2. The normalized spacial score (nSPS) is 19.5. The van der Waals surface area contributed by atoms with Crippen molar-refractivity contribution in [3.63, 3.8) is 0 Å². The van der Waals surface area contributed by atoms with Crippen molar-refractivity contribution in [1.29, 1.82) is 0 Å². The summed E-state index contributed by atoms with van der Waals surface area (Å²) in [5.41, 5.74) is 0. The Labute approximate surface area is 182 Å². The third kappa shape index (κ3) is 9.45. The van der Waals surface area contributed by atoms with E-state index in [-0.39, 0.29) is 29.9 Å². The van der Waals surface area contributed by atoms with Gasteiger partial charge in [0.2, 0.25) is 5.91 Å². The molecule has 0 aromatic rings. The van der Waals surface area contributed by atoms with Crippen molar-refractivity contribution < 1.29 is 9.53 Å². The standard InChI is InChI=1S/C20H38N4O2.HI/c1-3-21-20(24-14-10-18(11-15-24)26-4-2)23-13-12-22-19(25)16-17-8-6-5-7-9-17;/h17-18H,3-16H2,1-2H3,(H,21,23)(H,22,25);1H. The zero-order valence-corrected chi connectivity index (χ0v) is 19.5. The van der Waals surface area contributed by atoms with Crippen molar-refractivity contribution in [1.82, 2.24) is 15.5 Å². The van der Waals surface area contributed by atoms with Gasteiger partial charge in [0.15, 0.2) is 5.96 Å². The quantitative estimate of drug-likeness (QED) is 0.236. The summed E-state index contributed by atoms with van der Waals surface area (Å²) in [6.45, 7) is 9.00. The van der Waals surface area contributed by atoms with Crippen molar-refractivity contribution in [2.75, 3.05) is 39.3 Å². The molecule has 0 aromatic heterocycles. The molecule has 0 aromatic carbocycles. The van der Waals surface area contributed by atoms with Gasteiger partial charge in [-0.2, -0.15) is 0 Å². The molecule has 1 saturated heterocycles. The summed E-state index contributed by atoms with van der Waals surface area (Å²) in [4.78, 5) is 19.1. The number of aliphatic imine (C=N–C) groups is 1. The first-order chi connectivity index (χ1) is 12.7. The Morgan fingerprint density at radius 2 is 1.78 bits per heavy atom. The molecule has 6 nitrogen and oxygen atoms in total. The van der Waals surface area contributed by atoms with Crippen molar-refractivity contribution >= 4 is 35.8 Å². The lowest BCUT2D eigenvalue weighted by Crippen LogP contribution is -2.47.